The van der Waals surface area contributed by atoms with Crippen molar-refractivity contribution in [3.05, 3.63) is 76.7 Å². The van der Waals surface area contributed by atoms with Gasteiger partial charge in [0.05, 0.1) is 23.9 Å². The van der Waals surface area contributed by atoms with Gasteiger partial charge in [-0.3, -0.25) is 14.2 Å². The minimum Gasteiger partial charge on any atom is -0.495 e. The van der Waals surface area contributed by atoms with Crippen molar-refractivity contribution in [3.63, 3.8) is 0 Å². The molecule has 0 spiro atoms. The topological polar surface area (TPSA) is 98.1 Å². The largest absolute Gasteiger partial charge is 0.495 e. The Morgan fingerprint density at radius 3 is 2.64 bits per heavy atom. The van der Waals surface area contributed by atoms with Gasteiger partial charge in [0.1, 0.15) is 5.75 Å². The van der Waals surface area contributed by atoms with E-state index < -0.39 is 0 Å². The molecule has 2 aromatic heterocycles. The second kappa shape index (κ2) is 9.24. The number of rotatable bonds is 6. The van der Waals surface area contributed by atoms with Gasteiger partial charge < -0.3 is 15.4 Å². The molecule has 0 fully saturated rings. The molecular formula is C25H21N5O3. The molecule has 1 amide bonds. The molecule has 0 radical (unpaired) electrons. The number of pyridine rings is 1. The number of ether oxygens (including phenoxy) is 1. The number of hydrogen-bond donors (Lipinski definition) is 2. The third-order valence-corrected chi connectivity index (χ3v) is 5.00. The number of para-hydroxylation sites is 2. The number of carbonyl (C=O) groups excluding carboxylic acids is 1. The summed E-state index contributed by atoms with van der Waals surface area (Å²) < 4.78 is 6.83. The number of nitrogens with one attached hydrogen (secondary N) is 2. The second-order valence-corrected chi connectivity index (χ2v) is 7.08. The standard InChI is InChI=1S/C25H21N5O3/c1-4-16-14-23(32)30(18-12-10-17(11-13-18)27-22(31)5-2)24-19(16)15-26-25(29-24)28-20-8-6-7-9-21(20)33-3/h1,6-15H,5H2,2-3H3,(H,27,31)(H,26,28,29). The van der Waals surface area contributed by atoms with Gasteiger partial charge in [-0.2, -0.15) is 4.98 Å². The lowest BCUT2D eigenvalue weighted by atomic mass is 10.1. The summed E-state index contributed by atoms with van der Waals surface area (Å²) in [6.45, 7) is 1.78. The van der Waals surface area contributed by atoms with Crippen LogP contribution in [-0.4, -0.2) is 27.6 Å². The number of methoxy groups -OCH3 is 1. The average molecular weight is 439 g/mol. The molecule has 0 aliphatic rings. The fourth-order valence-electron chi connectivity index (χ4n) is 3.34. The van der Waals surface area contributed by atoms with Crippen LogP contribution in [0, 0.1) is 12.3 Å². The maximum absolute atomic E-state index is 13.0. The average Bonchev–Trinajstić information content (AvgIpc) is 2.84. The van der Waals surface area contributed by atoms with E-state index in [-0.39, 0.29) is 17.4 Å². The Balaban J connectivity index is 1.83. The van der Waals surface area contributed by atoms with Gasteiger partial charge in [-0.1, -0.05) is 25.0 Å². The van der Waals surface area contributed by atoms with Crippen LogP contribution < -0.4 is 20.9 Å². The van der Waals surface area contributed by atoms with Crippen LogP contribution in [0.25, 0.3) is 16.7 Å². The van der Waals surface area contributed by atoms with E-state index in [0.717, 1.165) is 0 Å². The van der Waals surface area contributed by atoms with Crippen LogP contribution in [0.2, 0.25) is 0 Å². The summed E-state index contributed by atoms with van der Waals surface area (Å²) in [6, 6.07) is 15.7. The smallest absolute Gasteiger partial charge is 0.258 e. The van der Waals surface area contributed by atoms with E-state index in [2.05, 4.69) is 26.5 Å². The Bertz CT molecular complexity index is 1440. The number of nitrogens with zero attached hydrogens (tertiary/aromatic N) is 3. The maximum Gasteiger partial charge on any atom is 0.258 e. The van der Waals surface area contributed by atoms with Crippen molar-refractivity contribution < 1.29 is 9.53 Å². The molecular weight excluding hydrogens is 418 g/mol. The molecule has 0 aliphatic heterocycles. The lowest BCUT2D eigenvalue weighted by Crippen LogP contribution is -2.20. The molecule has 0 bridgehead atoms. The minimum absolute atomic E-state index is 0.0939. The molecule has 33 heavy (non-hydrogen) atoms. The lowest BCUT2D eigenvalue weighted by Gasteiger charge is -2.14. The van der Waals surface area contributed by atoms with Crippen LogP contribution in [0.5, 0.6) is 5.75 Å². The van der Waals surface area contributed by atoms with Crippen molar-refractivity contribution in [1.82, 2.24) is 14.5 Å². The Hall–Kier alpha value is -4.64. The van der Waals surface area contributed by atoms with Gasteiger partial charge in [-0.05, 0) is 36.4 Å². The van der Waals surface area contributed by atoms with Crippen molar-refractivity contribution in [3.8, 4) is 23.8 Å². The van der Waals surface area contributed by atoms with Crippen LogP contribution >= 0.6 is 0 Å². The van der Waals surface area contributed by atoms with Gasteiger partial charge in [-0.15, -0.1) is 6.42 Å². The molecule has 0 saturated carbocycles. The van der Waals surface area contributed by atoms with Gasteiger partial charge in [0.15, 0.2) is 5.65 Å². The number of carbonyl (C=O) groups is 1. The Kier molecular flexibility index (Phi) is 6.04. The number of terminal acetylenes is 1. The normalized spacial score (nSPS) is 10.5. The number of fused-ring (bicyclic) bond motifs is 1. The fourth-order valence-corrected chi connectivity index (χ4v) is 3.34. The first-order chi connectivity index (χ1) is 16.0. The minimum atomic E-state index is -0.331. The highest BCUT2D eigenvalue weighted by atomic mass is 16.5. The molecule has 8 nitrogen and oxygen atoms in total. The molecule has 0 unspecified atom stereocenters. The third-order valence-electron chi connectivity index (χ3n) is 5.00. The molecule has 2 aromatic carbocycles. The number of aromatic nitrogens is 3. The van der Waals surface area contributed by atoms with Gasteiger partial charge in [0, 0.05) is 29.9 Å². The highest BCUT2D eigenvalue weighted by molar-refractivity contribution is 5.90. The lowest BCUT2D eigenvalue weighted by molar-refractivity contribution is -0.115. The van der Waals surface area contributed by atoms with Crippen molar-refractivity contribution in [1.29, 1.82) is 0 Å². The van der Waals surface area contributed by atoms with Gasteiger partial charge in [0.2, 0.25) is 11.9 Å². The molecule has 164 valence electrons. The van der Waals surface area contributed by atoms with Crippen molar-refractivity contribution >= 4 is 34.3 Å². The summed E-state index contributed by atoms with van der Waals surface area (Å²) >= 11 is 0. The zero-order valence-corrected chi connectivity index (χ0v) is 18.1. The highest BCUT2D eigenvalue weighted by Gasteiger charge is 2.14. The van der Waals surface area contributed by atoms with Crippen LogP contribution in [-0.2, 0) is 4.79 Å². The molecule has 2 N–H and O–H groups in total. The molecule has 4 rings (SSSR count). The van der Waals surface area contributed by atoms with Crippen molar-refractivity contribution in [2.45, 2.75) is 13.3 Å². The molecule has 8 heteroatoms. The van der Waals surface area contributed by atoms with Gasteiger partial charge in [-0.25, -0.2) is 4.98 Å². The van der Waals surface area contributed by atoms with E-state index in [9.17, 15) is 9.59 Å². The van der Waals surface area contributed by atoms with Crippen molar-refractivity contribution in [2.24, 2.45) is 0 Å². The monoisotopic (exact) mass is 439 g/mol. The Morgan fingerprint density at radius 2 is 1.94 bits per heavy atom. The summed E-state index contributed by atoms with van der Waals surface area (Å²) in [4.78, 5) is 33.6. The Morgan fingerprint density at radius 1 is 1.18 bits per heavy atom. The Labute approximate surface area is 190 Å². The van der Waals surface area contributed by atoms with Crippen LogP contribution in [0.4, 0.5) is 17.3 Å². The molecule has 0 saturated heterocycles. The van der Waals surface area contributed by atoms with E-state index in [4.69, 9.17) is 11.2 Å². The van der Waals surface area contributed by atoms with E-state index in [0.29, 0.717) is 45.8 Å². The SMILES string of the molecule is C#Cc1cc(=O)n(-c2ccc(NC(=O)CC)cc2)c2nc(Nc3ccccc3OC)ncc12. The van der Waals surface area contributed by atoms with E-state index >= 15 is 0 Å². The summed E-state index contributed by atoms with van der Waals surface area (Å²) in [5, 5.41) is 6.47. The summed E-state index contributed by atoms with van der Waals surface area (Å²) in [5.74, 6) is 3.34. The maximum atomic E-state index is 13.0. The zero-order valence-electron chi connectivity index (χ0n) is 18.1. The molecule has 4 aromatic rings. The summed E-state index contributed by atoms with van der Waals surface area (Å²) in [6.07, 6.45) is 7.58. The summed E-state index contributed by atoms with van der Waals surface area (Å²) in [7, 11) is 1.57. The first-order valence-electron chi connectivity index (χ1n) is 10.2. The molecule has 0 aliphatic carbocycles. The van der Waals surface area contributed by atoms with Gasteiger partial charge >= 0.3 is 0 Å². The highest BCUT2D eigenvalue weighted by Crippen LogP contribution is 2.27. The number of hydrogen-bond acceptors (Lipinski definition) is 6. The number of anilines is 3. The first-order valence-corrected chi connectivity index (χ1v) is 10.2. The van der Waals surface area contributed by atoms with Crippen LogP contribution in [0.15, 0.2) is 65.6 Å². The predicted molar refractivity (Wildman–Crippen MR) is 128 cm³/mol. The van der Waals surface area contributed by atoms with E-state index in [1.807, 2.05) is 24.3 Å². The van der Waals surface area contributed by atoms with Crippen molar-refractivity contribution in [2.75, 3.05) is 17.7 Å². The molecule has 0 atom stereocenters. The van der Waals surface area contributed by atoms with E-state index in [1.54, 1.807) is 44.5 Å². The quantitative estimate of drug-likeness (QED) is 0.443. The number of amides is 1. The first kappa shape index (κ1) is 21.6. The molecule has 2 heterocycles. The number of benzene rings is 2. The zero-order chi connectivity index (χ0) is 23.4. The van der Waals surface area contributed by atoms with Gasteiger partial charge in [0.25, 0.3) is 5.56 Å². The fraction of sp³-hybridized carbons (Fsp3) is 0.120. The van der Waals surface area contributed by atoms with E-state index in [1.165, 1.54) is 10.6 Å². The third kappa shape index (κ3) is 4.38. The van der Waals surface area contributed by atoms with Crippen LogP contribution in [0.1, 0.15) is 18.9 Å². The second-order valence-electron chi connectivity index (χ2n) is 7.08. The summed E-state index contributed by atoms with van der Waals surface area (Å²) in [5.41, 5.74) is 2.32. The van der Waals surface area contributed by atoms with Crippen LogP contribution in [0.3, 0.4) is 0 Å². The predicted octanol–water partition coefficient (Wildman–Crippen LogP) is 3.86.